The van der Waals surface area contributed by atoms with E-state index in [4.69, 9.17) is 11.6 Å². The molecule has 1 atom stereocenters. The Bertz CT molecular complexity index is 718. The zero-order chi connectivity index (χ0) is 14.2. The Kier molecular flexibility index (Phi) is 3.50. The quantitative estimate of drug-likeness (QED) is 0.778. The average Bonchev–Trinajstić information content (AvgIpc) is 2.80. The third-order valence-electron chi connectivity index (χ3n) is 3.28. The second-order valence-corrected chi connectivity index (χ2v) is 6.59. The van der Waals surface area contributed by atoms with Gasteiger partial charge in [0.15, 0.2) is 0 Å². The van der Waals surface area contributed by atoms with E-state index in [0.29, 0.717) is 11.4 Å². The molecule has 0 saturated heterocycles. The number of nitrogens with zero attached hydrogens (tertiary/aromatic N) is 1. The lowest BCUT2D eigenvalue weighted by molar-refractivity contribution is 0.0576. The molecule has 0 amide bonds. The average molecular weight is 304 g/mol. The smallest absolute Gasteiger partial charge is 0.0970 e. The minimum atomic E-state index is -0.973. The number of thiazole rings is 1. The first-order valence-electron chi connectivity index (χ1n) is 6.37. The third-order valence-corrected chi connectivity index (χ3v) is 4.55. The number of hydrogen-bond acceptors (Lipinski definition) is 3. The summed E-state index contributed by atoms with van der Waals surface area (Å²) in [5.41, 5.74) is 0.817. The van der Waals surface area contributed by atoms with Gasteiger partial charge < -0.3 is 5.11 Å². The summed E-state index contributed by atoms with van der Waals surface area (Å²) < 4.78 is 1.14. The summed E-state index contributed by atoms with van der Waals surface area (Å²) in [5.74, 6) is 0. The molecule has 102 valence electrons. The maximum Gasteiger partial charge on any atom is 0.0970 e. The molecule has 3 rings (SSSR count). The first-order chi connectivity index (χ1) is 9.54. The normalized spacial score (nSPS) is 14.3. The predicted molar refractivity (Wildman–Crippen MR) is 84.3 cm³/mol. The van der Waals surface area contributed by atoms with Crippen LogP contribution in [0.25, 0.3) is 10.2 Å². The van der Waals surface area contributed by atoms with E-state index in [1.165, 1.54) is 0 Å². The summed E-state index contributed by atoms with van der Waals surface area (Å²) in [4.78, 5) is 4.57. The van der Waals surface area contributed by atoms with Gasteiger partial charge in [0.2, 0.25) is 0 Å². The van der Waals surface area contributed by atoms with E-state index in [1.54, 1.807) is 30.4 Å². The number of benzene rings is 2. The van der Waals surface area contributed by atoms with Crippen LogP contribution in [0.5, 0.6) is 0 Å². The van der Waals surface area contributed by atoms with Crippen LogP contribution < -0.4 is 0 Å². The van der Waals surface area contributed by atoms with Gasteiger partial charge >= 0.3 is 0 Å². The van der Waals surface area contributed by atoms with Gasteiger partial charge in [0.25, 0.3) is 0 Å². The standard InChI is InChI=1S/C16H14ClNOS/c1-16(19,11-5-4-6-12(17)9-11)10-15-18-13-7-2-3-8-14(13)20-15/h2-9,19H,10H2,1H3. The highest BCUT2D eigenvalue weighted by atomic mass is 35.5. The molecule has 20 heavy (non-hydrogen) atoms. The molecule has 3 aromatic rings. The lowest BCUT2D eigenvalue weighted by Crippen LogP contribution is -2.24. The van der Waals surface area contributed by atoms with E-state index >= 15 is 0 Å². The van der Waals surface area contributed by atoms with Gasteiger partial charge in [-0.05, 0) is 36.8 Å². The van der Waals surface area contributed by atoms with Crippen LogP contribution in [0.15, 0.2) is 48.5 Å². The second-order valence-electron chi connectivity index (χ2n) is 5.04. The largest absolute Gasteiger partial charge is 0.385 e. The highest BCUT2D eigenvalue weighted by Crippen LogP contribution is 2.30. The maximum atomic E-state index is 10.7. The minimum absolute atomic E-state index is 0.479. The number of halogens is 1. The number of fused-ring (bicyclic) bond motifs is 1. The van der Waals surface area contributed by atoms with Crippen LogP contribution in [0, 0.1) is 0 Å². The zero-order valence-electron chi connectivity index (χ0n) is 11.0. The Morgan fingerprint density at radius 2 is 2.00 bits per heavy atom. The minimum Gasteiger partial charge on any atom is -0.385 e. The molecule has 0 fully saturated rings. The monoisotopic (exact) mass is 303 g/mol. The molecule has 0 spiro atoms. The fourth-order valence-electron chi connectivity index (χ4n) is 2.22. The van der Waals surface area contributed by atoms with Gasteiger partial charge in [-0.2, -0.15) is 0 Å². The summed E-state index contributed by atoms with van der Waals surface area (Å²) in [6.07, 6.45) is 0.479. The van der Waals surface area contributed by atoms with Gasteiger partial charge in [0, 0.05) is 11.4 Å². The molecule has 0 saturated carbocycles. The Morgan fingerprint density at radius 1 is 1.20 bits per heavy atom. The van der Waals surface area contributed by atoms with Crippen molar-refractivity contribution in [2.75, 3.05) is 0 Å². The third kappa shape index (κ3) is 2.70. The molecule has 0 aliphatic rings. The summed E-state index contributed by atoms with van der Waals surface area (Å²) in [6.45, 7) is 1.80. The van der Waals surface area contributed by atoms with Crippen LogP contribution in [0.4, 0.5) is 0 Å². The molecule has 1 heterocycles. The van der Waals surface area contributed by atoms with Gasteiger partial charge in [0.05, 0.1) is 20.8 Å². The summed E-state index contributed by atoms with van der Waals surface area (Å²) >= 11 is 7.61. The molecular formula is C16H14ClNOS. The molecule has 1 aromatic heterocycles. The summed E-state index contributed by atoms with van der Waals surface area (Å²) in [5, 5.41) is 12.3. The van der Waals surface area contributed by atoms with Crippen molar-refractivity contribution >= 4 is 33.2 Å². The number of hydrogen-bond donors (Lipinski definition) is 1. The van der Waals surface area contributed by atoms with Crippen molar-refractivity contribution in [2.45, 2.75) is 18.9 Å². The van der Waals surface area contributed by atoms with E-state index in [2.05, 4.69) is 4.98 Å². The first-order valence-corrected chi connectivity index (χ1v) is 7.57. The highest BCUT2D eigenvalue weighted by Gasteiger charge is 2.25. The van der Waals surface area contributed by atoms with Crippen molar-refractivity contribution in [1.82, 2.24) is 4.98 Å². The number of aromatic nitrogens is 1. The van der Waals surface area contributed by atoms with Crippen LogP contribution in [0.1, 0.15) is 17.5 Å². The summed E-state index contributed by atoms with van der Waals surface area (Å²) in [7, 11) is 0. The molecule has 1 unspecified atom stereocenters. The first kappa shape index (κ1) is 13.6. The van der Waals surface area contributed by atoms with Gasteiger partial charge in [-0.1, -0.05) is 35.9 Å². The van der Waals surface area contributed by atoms with Crippen molar-refractivity contribution in [3.63, 3.8) is 0 Å². The zero-order valence-corrected chi connectivity index (χ0v) is 12.6. The molecule has 2 aromatic carbocycles. The van der Waals surface area contributed by atoms with Crippen molar-refractivity contribution < 1.29 is 5.11 Å². The fourth-order valence-corrected chi connectivity index (χ4v) is 3.52. The van der Waals surface area contributed by atoms with Crippen LogP contribution >= 0.6 is 22.9 Å². The molecule has 2 nitrogen and oxygen atoms in total. The van der Waals surface area contributed by atoms with Gasteiger partial charge in [0.1, 0.15) is 0 Å². The van der Waals surface area contributed by atoms with Crippen LogP contribution in [-0.4, -0.2) is 10.1 Å². The lowest BCUT2D eigenvalue weighted by Gasteiger charge is -2.22. The van der Waals surface area contributed by atoms with Gasteiger partial charge in [-0.15, -0.1) is 11.3 Å². The lowest BCUT2D eigenvalue weighted by atomic mass is 9.93. The van der Waals surface area contributed by atoms with E-state index in [1.807, 2.05) is 36.4 Å². The fraction of sp³-hybridized carbons (Fsp3) is 0.188. The SMILES string of the molecule is CC(O)(Cc1nc2ccccc2s1)c1cccc(Cl)c1. The second kappa shape index (κ2) is 5.17. The number of rotatable bonds is 3. The Hall–Kier alpha value is -1.42. The van der Waals surface area contributed by atoms with Crippen molar-refractivity contribution in [3.05, 3.63) is 64.1 Å². The van der Waals surface area contributed by atoms with E-state index in [-0.39, 0.29) is 0 Å². The van der Waals surface area contributed by atoms with Gasteiger partial charge in [-0.3, -0.25) is 0 Å². The maximum absolute atomic E-state index is 10.7. The number of aliphatic hydroxyl groups is 1. The summed E-state index contributed by atoms with van der Waals surface area (Å²) in [6, 6.07) is 15.4. The van der Waals surface area contributed by atoms with E-state index in [9.17, 15) is 5.11 Å². The van der Waals surface area contributed by atoms with E-state index < -0.39 is 5.60 Å². The van der Waals surface area contributed by atoms with Crippen LogP contribution in [-0.2, 0) is 12.0 Å². The van der Waals surface area contributed by atoms with Gasteiger partial charge in [-0.25, -0.2) is 4.98 Å². The molecule has 4 heteroatoms. The van der Waals surface area contributed by atoms with Crippen molar-refractivity contribution in [2.24, 2.45) is 0 Å². The van der Waals surface area contributed by atoms with Crippen LogP contribution in [0.3, 0.4) is 0 Å². The van der Waals surface area contributed by atoms with Crippen molar-refractivity contribution in [1.29, 1.82) is 0 Å². The van der Waals surface area contributed by atoms with E-state index in [0.717, 1.165) is 20.8 Å². The Labute approximate surface area is 126 Å². The number of para-hydroxylation sites is 1. The molecule has 0 aliphatic carbocycles. The Morgan fingerprint density at radius 3 is 2.75 bits per heavy atom. The molecule has 0 radical (unpaired) electrons. The Balaban J connectivity index is 1.92. The topological polar surface area (TPSA) is 33.1 Å². The highest BCUT2D eigenvalue weighted by molar-refractivity contribution is 7.18. The van der Waals surface area contributed by atoms with Crippen molar-refractivity contribution in [3.8, 4) is 0 Å². The molecular weight excluding hydrogens is 290 g/mol. The molecule has 0 aliphatic heterocycles. The molecule has 1 N–H and O–H groups in total. The van der Waals surface area contributed by atoms with Crippen LogP contribution in [0.2, 0.25) is 5.02 Å². The molecule has 0 bridgehead atoms. The predicted octanol–water partition coefficient (Wildman–Crippen LogP) is 4.40.